The summed E-state index contributed by atoms with van der Waals surface area (Å²) in [5.74, 6) is 0.404. The zero-order valence-electron chi connectivity index (χ0n) is 9.13. The number of hydrogen-bond donors (Lipinski definition) is 1. The van der Waals surface area contributed by atoms with Crippen LogP contribution in [0.4, 0.5) is 5.69 Å². The second kappa shape index (κ2) is 4.61. The standard InChI is InChI=1S/C12H16N2O2/c13-11-6-3-5-9(11)8-10-4-1-2-7-12(10)14(15)16/h1-2,4,7,9,11H,3,5-6,8,13H2. The van der Waals surface area contributed by atoms with Gasteiger partial charge in [-0.05, 0) is 25.2 Å². The minimum Gasteiger partial charge on any atom is -0.327 e. The monoisotopic (exact) mass is 220 g/mol. The molecule has 2 rings (SSSR count). The molecule has 0 aliphatic heterocycles. The van der Waals surface area contributed by atoms with Crippen molar-refractivity contribution in [3.05, 3.63) is 39.9 Å². The lowest BCUT2D eigenvalue weighted by molar-refractivity contribution is -0.385. The van der Waals surface area contributed by atoms with Gasteiger partial charge in [0.05, 0.1) is 4.92 Å². The molecule has 2 atom stereocenters. The third kappa shape index (κ3) is 2.22. The van der Waals surface area contributed by atoms with E-state index >= 15 is 0 Å². The van der Waals surface area contributed by atoms with E-state index < -0.39 is 0 Å². The summed E-state index contributed by atoms with van der Waals surface area (Å²) in [5.41, 5.74) is 7.02. The summed E-state index contributed by atoms with van der Waals surface area (Å²) >= 11 is 0. The van der Waals surface area contributed by atoms with E-state index in [0.29, 0.717) is 5.92 Å². The molecule has 16 heavy (non-hydrogen) atoms. The van der Waals surface area contributed by atoms with E-state index in [4.69, 9.17) is 5.73 Å². The Morgan fingerprint density at radius 2 is 2.12 bits per heavy atom. The summed E-state index contributed by atoms with van der Waals surface area (Å²) < 4.78 is 0. The zero-order chi connectivity index (χ0) is 11.5. The highest BCUT2D eigenvalue weighted by molar-refractivity contribution is 5.40. The van der Waals surface area contributed by atoms with Gasteiger partial charge in [-0.1, -0.05) is 24.6 Å². The van der Waals surface area contributed by atoms with Crippen LogP contribution in [-0.4, -0.2) is 11.0 Å². The van der Waals surface area contributed by atoms with Gasteiger partial charge < -0.3 is 5.73 Å². The Balaban J connectivity index is 2.17. The highest BCUT2D eigenvalue weighted by atomic mass is 16.6. The van der Waals surface area contributed by atoms with Gasteiger partial charge in [0.15, 0.2) is 0 Å². The topological polar surface area (TPSA) is 69.2 Å². The molecule has 1 fully saturated rings. The quantitative estimate of drug-likeness (QED) is 0.627. The molecule has 4 heteroatoms. The van der Waals surface area contributed by atoms with Gasteiger partial charge in [-0.2, -0.15) is 0 Å². The van der Waals surface area contributed by atoms with E-state index in [1.54, 1.807) is 12.1 Å². The highest BCUT2D eigenvalue weighted by Crippen LogP contribution is 2.30. The number of nitrogens with zero attached hydrogens (tertiary/aromatic N) is 1. The van der Waals surface area contributed by atoms with Crippen molar-refractivity contribution in [2.45, 2.75) is 31.7 Å². The molecule has 0 spiro atoms. The minimum atomic E-state index is -0.310. The number of nitrogens with two attached hydrogens (primary N) is 1. The Bertz CT molecular complexity index is 392. The van der Waals surface area contributed by atoms with Crippen molar-refractivity contribution in [2.75, 3.05) is 0 Å². The van der Waals surface area contributed by atoms with Crippen molar-refractivity contribution in [1.82, 2.24) is 0 Å². The van der Waals surface area contributed by atoms with Gasteiger partial charge in [0, 0.05) is 17.7 Å². The lowest BCUT2D eigenvalue weighted by atomic mass is 9.94. The first-order chi connectivity index (χ1) is 7.68. The molecule has 0 saturated heterocycles. The summed E-state index contributed by atoms with van der Waals surface area (Å²) in [6.45, 7) is 0. The number of rotatable bonds is 3. The van der Waals surface area contributed by atoms with Gasteiger partial charge in [-0.3, -0.25) is 10.1 Å². The van der Waals surface area contributed by atoms with E-state index in [0.717, 1.165) is 31.2 Å². The van der Waals surface area contributed by atoms with Crippen molar-refractivity contribution >= 4 is 5.69 Å². The normalized spacial score (nSPS) is 24.6. The van der Waals surface area contributed by atoms with Crippen LogP contribution in [0.3, 0.4) is 0 Å². The number of hydrogen-bond acceptors (Lipinski definition) is 3. The third-order valence-corrected chi connectivity index (χ3v) is 3.39. The Morgan fingerprint density at radius 1 is 1.38 bits per heavy atom. The van der Waals surface area contributed by atoms with Crippen molar-refractivity contribution in [3.8, 4) is 0 Å². The van der Waals surface area contributed by atoms with E-state index in [1.165, 1.54) is 0 Å². The summed E-state index contributed by atoms with van der Waals surface area (Å²) in [5, 5.41) is 10.9. The molecule has 1 aromatic rings. The van der Waals surface area contributed by atoms with E-state index in [9.17, 15) is 10.1 Å². The molecule has 1 aliphatic carbocycles. The molecule has 2 unspecified atom stereocenters. The van der Waals surface area contributed by atoms with E-state index in [2.05, 4.69) is 0 Å². The summed E-state index contributed by atoms with van der Waals surface area (Å²) in [7, 11) is 0. The largest absolute Gasteiger partial charge is 0.327 e. The van der Waals surface area contributed by atoms with Crippen LogP contribution in [0.5, 0.6) is 0 Å². The first-order valence-electron chi connectivity index (χ1n) is 5.66. The molecule has 1 aromatic carbocycles. The van der Waals surface area contributed by atoms with Crippen molar-refractivity contribution in [3.63, 3.8) is 0 Å². The Labute approximate surface area is 94.6 Å². The van der Waals surface area contributed by atoms with Crippen LogP contribution in [0, 0.1) is 16.0 Å². The molecule has 0 bridgehead atoms. The van der Waals surface area contributed by atoms with Crippen molar-refractivity contribution < 1.29 is 4.92 Å². The van der Waals surface area contributed by atoms with Gasteiger partial charge in [-0.25, -0.2) is 0 Å². The average molecular weight is 220 g/mol. The van der Waals surface area contributed by atoms with Gasteiger partial charge in [0.25, 0.3) is 5.69 Å². The van der Waals surface area contributed by atoms with Crippen LogP contribution in [0.1, 0.15) is 24.8 Å². The predicted molar refractivity (Wildman–Crippen MR) is 62.1 cm³/mol. The third-order valence-electron chi connectivity index (χ3n) is 3.39. The van der Waals surface area contributed by atoms with Crippen LogP contribution in [0.2, 0.25) is 0 Å². The molecule has 0 heterocycles. The second-order valence-corrected chi connectivity index (χ2v) is 4.44. The first-order valence-corrected chi connectivity index (χ1v) is 5.66. The maximum atomic E-state index is 10.9. The number of para-hydroxylation sites is 1. The highest BCUT2D eigenvalue weighted by Gasteiger charge is 2.26. The fraction of sp³-hybridized carbons (Fsp3) is 0.500. The van der Waals surface area contributed by atoms with Gasteiger partial charge >= 0.3 is 0 Å². The Hall–Kier alpha value is -1.42. The Kier molecular flexibility index (Phi) is 3.19. The number of nitro benzene ring substituents is 1. The molecular formula is C12H16N2O2. The summed E-state index contributed by atoms with van der Waals surface area (Å²) in [6.07, 6.45) is 4.02. The smallest absolute Gasteiger partial charge is 0.272 e. The average Bonchev–Trinajstić information content (AvgIpc) is 2.65. The van der Waals surface area contributed by atoms with Crippen molar-refractivity contribution in [1.29, 1.82) is 0 Å². The molecule has 0 radical (unpaired) electrons. The Morgan fingerprint density at radius 3 is 2.75 bits per heavy atom. The number of nitro groups is 1. The van der Waals surface area contributed by atoms with Gasteiger partial charge in [-0.15, -0.1) is 0 Å². The maximum absolute atomic E-state index is 10.9. The molecule has 1 saturated carbocycles. The first kappa shape index (κ1) is 11.1. The molecule has 4 nitrogen and oxygen atoms in total. The predicted octanol–water partition coefficient (Wildman–Crippen LogP) is 2.26. The molecule has 0 amide bonds. The van der Waals surface area contributed by atoms with Crippen LogP contribution in [0.15, 0.2) is 24.3 Å². The van der Waals surface area contributed by atoms with E-state index in [-0.39, 0.29) is 16.7 Å². The number of benzene rings is 1. The van der Waals surface area contributed by atoms with Crippen molar-refractivity contribution in [2.24, 2.45) is 11.7 Å². The molecule has 86 valence electrons. The van der Waals surface area contributed by atoms with Gasteiger partial charge in [0.1, 0.15) is 0 Å². The minimum absolute atomic E-state index is 0.208. The maximum Gasteiger partial charge on any atom is 0.272 e. The fourth-order valence-electron chi connectivity index (χ4n) is 2.46. The lowest BCUT2D eigenvalue weighted by Crippen LogP contribution is -2.26. The molecular weight excluding hydrogens is 204 g/mol. The second-order valence-electron chi connectivity index (χ2n) is 4.44. The zero-order valence-corrected chi connectivity index (χ0v) is 9.13. The summed E-state index contributed by atoms with van der Waals surface area (Å²) in [6, 6.07) is 7.16. The SMILES string of the molecule is NC1CCCC1Cc1ccccc1[N+](=O)[O-]. The molecule has 1 aliphatic rings. The van der Waals surface area contributed by atoms with Gasteiger partial charge in [0.2, 0.25) is 0 Å². The van der Waals surface area contributed by atoms with E-state index in [1.807, 2.05) is 12.1 Å². The molecule has 0 aromatic heterocycles. The van der Waals surface area contributed by atoms with Crippen LogP contribution < -0.4 is 5.73 Å². The fourth-order valence-corrected chi connectivity index (χ4v) is 2.46. The molecule has 2 N–H and O–H groups in total. The van der Waals surface area contributed by atoms with Crippen LogP contribution in [-0.2, 0) is 6.42 Å². The summed E-state index contributed by atoms with van der Waals surface area (Å²) in [4.78, 5) is 10.5. The van der Waals surface area contributed by atoms with Crippen LogP contribution >= 0.6 is 0 Å². The van der Waals surface area contributed by atoms with Crippen LogP contribution in [0.25, 0.3) is 0 Å². The lowest BCUT2D eigenvalue weighted by Gasteiger charge is -2.14.